The van der Waals surface area contributed by atoms with Gasteiger partial charge in [-0.2, -0.15) is 0 Å². The minimum absolute atomic E-state index is 0.322. The Morgan fingerprint density at radius 1 is 1.00 bits per heavy atom. The summed E-state index contributed by atoms with van der Waals surface area (Å²) < 4.78 is 0. The SMILES string of the molecule is C=CCP(c1ccccc1)c1ccccc1C(C)C. The van der Waals surface area contributed by atoms with E-state index in [2.05, 4.69) is 81.1 Å². The van der Waals surface area contributed by atoms with E-state index in [9.17, 15) is 0 Å². The third-order valence-electron chi connectivity index (χ3n) is 3.23. The standard InChI is InChI=1S/C18H21P/c1-4-14-19(16-10-6-5-7-11-16)18-13-9-8-12-17(18)15(2)3/h4-13,15H,1,14H2,2-3H3. The van der Waals surface area contributed by atoms with E-state index in [0.29, 0.717) is 5.92 Å². The average Bonchev–Trinajstić information content (AvgIpc) is 2.45. The molecule has 0 spiro atoms. The van der Waals surface area contributed by atoms with Crippen molar-refractivity contribution in [3.63, 3.8) is 0 Å². The highest BCUT2D eigenvalue weighted by Gasteiger charge is 2.16. The molecule has 2 rings (SSSR count). The topological polar surface area (TPSA) is 0 Å². The average molecular weight is 268 g/mol. The minimum atomic E-state index is -0.322. The van der Waals surface area contributed by atoms with Gasteiger partial charge in [-0.25, -0.2) is 0 Å². The third-order valence-corrected chi connectivity index (χ3v) is 5.76. The van der Waals surface area contributed by atoms with Crippen LogP contribution >= 0.6 is 7.92 Å². The highest BCUT2D eigenvalue weighted by Crippen LogP contribution is 2.36. The Morgan fingerprint density at radius 2 is 1.63 bits per heavy atom. The van der Waals surface area contributed by atoms with E-state index in [-0.39, 0.29) is 7.92 Å². The normalized spacial score (nSPS) is 12.4. The molecular weight excluding hydrogens is 247 g/mol. The second-order valence-electron chi connectivity index (χ2n) is 4.95. The molecule has 0 aliphatic heterocycles. The van der Waals surface area contributed by atoms with Crippen molar-refractivity contribution in [1.82, 2.24) is 0 Å². The van der Waals surface area contributed by atoms with Gasteiger partial charge in [0, 0.05) is 0 Å². The molecule has 0 fully saturated rings. The van der Waals surface area contributed by atoms with E-state index >= 15 is 0 Å². The maximum atomic E-state index is 3.94. The number of rotatable bonds is 5. The Morgan fingerprint density at radius 3 is 2.26 bits per heavy atom. The van der Waals surface area contributed by atoms with Gasteiger partial charge in [0.1, 0.15) is 0 Å². The zero-order chi connectivity index (χ0) is 13.7. The molecule has 19 heavy (non-hydrogen) atoms. The van der Waals surface area contributed by atoms with Crippen LogP contribution in [-0.2, 0) is 0 Å². The quantitative estimate of drug-likeness (QED) is 0.556. The summed E-state index contributed by atoms with van der Waals surface area (Å²) in [5, 5.41) is 2.93. The molecule has 0 aliphatic rings. The highest BCUT2D eigenvalue weighted by molar-refractivity contribution is 7.73. The van der Waals surface area contributed by atoms with Crippen molar-refractivity contribution in [2.75, 3.05) is 6.16 Å². The van der Waals surface area contributed by atoms with Gasteiger partial charge in [0.2, 0.25) is 0 Å². The van der Waals surface area contributed by atoms with Crippen molar-refractivity contribution < 1.29 is 0 Å². The molecule has 1 atom stereocenters. The molecule has 1 heteroatoms. The Hall–Kier alpha value is -1.39. The molecule has 0 nitrogen and oxygen atoms in total. The van der Waals surface area contributed by atoms with Crippen LogP contribution in [0, 0.1) is 0 Å². The monoisotopic (exact) mass is 268 g/mol. The van der Waals surface area contributed by atoms with E-state index in [0.717, 1.165) is 6.16 Å². The van der Waals surface area contributed by atoms with Crippen molar-refractivity contribution in [2.24, 2.45) is 0 Å². The molecule has 0 N–H and O–H groups in total. The molecule has 2 aromatic rings. The molecule has 0 amide bonds. The molecule has 0 radical (unpaired) electrons. The molecule has 0 heterocycles. The van der Waals surface area contributed by atoms with Gasteiger partial charge in [-0.1, -0.05) is 74.5 Å². The number of hydrogen-bond acceptors (Lipinski definition) is 0. The van der Waals surface area contributed by atoms with Gasteiger partial charge in [-0.05, 0) is 36.2 Å². The Bertz CT molecular complexity index is 528. The van der Waals surface area contributed by atoms with Crippen molar-refractivity contribution in [2.45, 2.75) is 19.8 Å². The number of benzene rings is 2. The van der Waals surface area contributed by atoms with Crippen molar-refractivity contribution in [1.29, 1.82) is 0 Å². The maximum Gasteiger partial charge on any atom is -0.00668 e. The lowest BCUT2D eigenvalue weighted by molar-refractivity contribution is 0.873. The van der Waals surface area contributed by atoms with Gasteiger partial charge in [0.15, 0.2) is 0 Å². The van der Waals surface area contributed by atoms with Gasteiger partial charge in [-0.3, -0.25) is 0 Å². The van der Waals surface area contributed by atoms with Crippen LogP contribution in [0.1, 0.15) is 25.3 Å². The molecule has 2 aromatic carbocycles. The Kier molecular flexibility index (Phi) is 4.93. The first-order valence-corrected chi connectivity index (χ1v) is 8.29. The van der Waals surface area contributed by atoms with Gasteiger partial charge in [-0.15, -0.1) is 6.58 Å². The molecule has 0 bridgehead atoms. The summed E-state index contributed by atoms with van der Waals surface area (Å²) in [6.07, 6.45) is 3.10. The predicted molar refractivity (Wildman–Crippen MR) is 88.2 cm³/mol. The van der Waals surface area contributed by atoms with Crippen LogP contribution in [0.5, 0.6) is 0 Å². The second-order valence-corrected chi connectivity index (χ2v) is 7.17. The fourth-order valence-electron chi connectivity index (χ4n) is 2.30. The van der Waals surface area contributed by atoms with Crippen LogP contribution in [0.25, 0.3) is 0 Å². The lowest BCUT2D eigenvalue weighted by Gasteiger charge is -2.22. The van der Waals surface area contributed by atoms with E-state index in [1.165, 1.54) is 16.2 Å². The summed E-state index contributed by atoms with van der Waals surface area (Å²) in [6.45, 7) is 8.48. The number of hydrogen-bond donors (Lipinski definition) is 0. The molecule has 0 saturated carbocycles. The Balaban J connectivity index is 2.48. The summed E-state index contributed by atoms with van der Waals surface area (Å²) >= 11 is 0. The van der Waals surface area contributed by atoms with Crippen molar-refractivity contribution >= 4 is 18.5 Å². The summed E-state index contributed by atoms with van der Waals surface area (Å²) in [4.78, 5) is 0. The van der Waals surface area contributed by atoms with Crippen molar-refractivity contribution in [3.8, 4) is 0 Å². The Labute approximate surface area is 117 Å². The van der Waals surface area contributed by atoms with Crippen LogP contribution in [0.3, 0.4) is 0 Å². The van der Waals surface area contributed by atoms with Gasteiger partial charge in [0.05, 0.1) is 0 Å². The van der Waals surface area contributed by atoms with E-state index in [1.54, 1.807) is 0 Å². The largest absolute Gasteiger partial charge is 0.103 e. The minimum Gasteiger partial charge on any atom is -0.103 e. The fourth-order valence-corrected chi connectivity index (χ4v) is 4.69. The summed E-state index contributed by atoms with van der Waals surface area (Å²) in [6, 6.07) is 19.7. The molecule has 0 aromatic heterocycles. The van der Waals surface area contributed by atoms with Gasteiger partial charge < -0.3 is 0 Å². The van der Waals surface area contributed by atoms with E-state index < -0.39 is 0 Å². The first-order chi connectivity index (χ1) is 9.24. The first kappa shape index (κ1) is 14.0. The maximum absolute atomic E-state index is 3.94. The summed E-state index contributed by atoms with van der Waals surface area (Å²) in [7, 11) is -0.322. The molecule has 98 valence electrons. The van der Waals surface area contributed by atoms with Crippen LogP contribution < -0.4 is 10.6 Å². The van der Waals surface area contributed by atoms with E-state index in [4.69, 9.17) is 0 Å². The van der Waals surface area contributed by atoms with Gasteiger partial charge >= 0.3 is 0 Å². The first-order valence-electron chi connectivity index (χ1n) is 6.76. The molecular formula is C18H21P. The van der Waals surface area contributed by atoms with Crippen LogP contribution in [-0.4, -0.2) is 6.16 Å². The molecule has 0 aliphatic carbocycles. The number of allylic oxidation sites excluding steroid dienone is 1. The lowest BCUT2D eigenvalue weighted by atomic mass is 10.0. The van der Waals surface area contributed by atoms with Crippen LogP contribution in [0.4, 0.5) is 0 Å². The zero-order valence-electron chi connectivity index (χ0n) is 11.7. The van der Waals surface area contributed by atoms with Crippen molar-refractivity contribution in [3.05, 3.63) is 72.8 Å². The predicted octanol–water partition coefficient (Wildman–Crippen LogP) is 4.43. The third kappa shape index (κ3) is 3.33. The molecule has 0 saturated heterocycles. The molecule has 1 unspecified atom stereocenters. The van der Waals surface area contributed by atoms with Gasteiger partial charge in [0.25, 0.3) is 0 Å². The van der Waals surface area contributed by atoms with E-state index in [1.807, 2.05) is 0 Å². The zero-order valence-corrected chi connectivity index (χ0v) is 12.6. The van der Waals surface area contributed by atoms with Crippen LogP contribution in [0.2, 0.25) is 0 Å². The fraction of sp³-hybridized carbons (Fsp3) is 0.222. The second kappa shape index (κ2) is 6.68. The summed E-state index contributed by atoms with van der Waals surface area (Å²) in [5.74, 6) is 0.565. The summed E-state index contributed by atoms with van der Waals surface area (Å²) in [5.41, 5.74) is 1.47. The lowest BCUT2D eigenvalue weighted by Crippen LogP contribution is -2.18. The highest BCUT2D eigenvalue weighted by atomic mass is 31.1. The van der Waals surface area contributed by atoms with Crippen LogP contribution in [0.15, 0.2) is 67.3 Å². The smallest absolute Gasteiger partial charge is 0.00668 e.